The summed E-state index contributed by atoms with van der Waals surface area (Å²) in [5.74, 6) is 0.573. The number of hydrogen-bond acceptors (Lipinski definition) is 9. The summed E-state index contributed by atoms with van der Waals surface area (Å²) < 4.78 is 17.5. The number of ether oxygens (including phenoxy) is 2. The second-order valence-corrected chi connectivity index (χ2v) is 9.41. The molecule has 1 saturated heterocycles. The number of aromatic nitrogens is 2. The van der Waals surface area contributed by atoms with Crippen LogP contribution in [0.25, 0.3) is 0 Å². The molecule has 11 heteroatoms. The average molecular weight is 517 g/mol. The normalized spacial score (nSPS) is 24.5. The number of likely N-dealkylation sites (tertiary alicyclic amines) is 1. The first-order chi connectivity index (χ1) is 17.0. The van der Waals surface area contributed by atoms with E-state index in [1.165, 1.54) is 6.42 Å². The van der Waals surface area contributed by atoms with Gasteiger partial charge in [-0.25, -0.2) is 4.99 Å². The predicted octanol–water partition coefficient (Wildman–Crippen LogP) is 4.81. The van der Waals surface area contributed by atoms with Gasteiger partial charge in [-0.15, -0.1) is 0 Å². The summed E-state index contributed by atoms with van der Waals surface area (Å²) in [5.41, 5.74) is 2.29. The van der Waals surface area contributed by atoms with Crippen molar-refractivity contribution in [2.24, 2.45) is 9.98 Å². The van der Waals surface area contributed by atoms with Gasteiger partial charge in [0.25, 0.3) is 0 Å². The maximum Gasteiger partial charge on any atom is 0.244 e. The molecule has 0 amide bonds. The molecule has 0 saturated carbocycles. The standard InChI is InChI=1S/C24H26Cl2N6O3/c1-32-10-4-3-5-20(32)23-30-21(31-35-23)13-34-24(33-2)9-8-19-16(12-24)22(28-14-27-19)29-15-6-7-17(25)18(26)11-15/h6-9,11-12,20H,3-5,10,13-14H2,1-2H3,(H,28,29). The third-order valence-electron chi connectivity index (χ3n) is 6.29. The summed E-state index contributed by atoms with van der Waals surface area (Å²) in [4.78, 5) is 15.8. The fraction of sp³-hybridized carbons (Fsp3) is 0.417. The summed E-state index contributed by atoms with van der Waals surface area (Å²) >= 11 is 12.2. The molecule has 9 nitrogen and oxygen atoms in total. The van der Waals surface area contributed by atoms with E-state index in [-0.39, 0.29) is 12.6 Å². The zero-order valence-electron chi connectivity index (χ0n) is 19.5. The van der Waals surface area contributed by atoms with E-state index in [1.807, 2.05) is 24.3 Å². The lowest BCUT2D eigenvalue weighted by atomic mass is 9.97. The Morgan fingerprint density at radius 2 is 2.11 bits per heavy atom. The molecule has 2 aliphatic heterocycles. The first-order valence-corrected chi connectivity index (χ1v) is 12.2. The molecule has 1 aliphatic carbocycles. The minimum Gasteiger partial charge on any atom is -0.346 e. The van der Waals surface area contributed by atoms with Crippen LogP contribution in [0.3, 0.4) is 0 Å². The highest BCUT2D eigenvalue weighted by atomic mass is 35.5. The van der Waals surface area contributed by atoms with Gasteiger partial charge in [-0.2, -0.15) is 4.98 Å². The van der Waals surface area contributed by atoms with E-state index in [4.69, 9.17) is 37.2 Å². The van der Waals surface area contributed by atoms with E-state index >= 15 is 0 Å². The van der Waals surface area contributed by atoms with Crippen molar-refractivity contribution < 1.29 is 14.0 Å². The number of nitrogens with zero attached hydrogens (tertiary/aromatic N) is 5. The minimum atomic E-state index is -1.14. The molecule has 35 heavy (non-hydrogen) atoms. The van der Waals surface area contributed by atoms with Gasteiger partial charge in [0.2, 0.25) is 11.7 Å². The average Bonchev–Trinajstić information content (AvgIpc) is 3.34. The van der Waals surface area contributed by atoms with Crippen molar-refractivity contribution in [2.45, 2.75) is 37.7 Å². The molecular formula is C24H26Cl2N6O3. The van der Waals surface area contributed by atoms with Gasteiger partial charge in [-0.05, 0) is 62.9 Å². The number of piperidine rings is 1. The summed E-state index contributed by atoms with van der Waals surface area (Å²) in [5, 5.41) is 8.35. The number of anilines is 1. The molecule has 2 aromatic rings. The summed E-state index contributed by atoms with van der Waals surface area (Å²) in [6, 6.07) is 5.45. The predicted molar refractivity (Wildman–Crippen MR) is 135 cm³/mol. The topological polar surface area (TPSA) is 97.4 Å². The van der Waals surface area contributed by atoms with Crippen LogP contribution >= 0.6 is 23.2 Å². The van der Waals surface area contributed by atoms with Crippen LogP contribution in [0.4, 0.5) is 5.69 Å². The van der Waals surface area contributed by atoms with Crippen molar-refractivity contribution in [3.63, 3.8) is 0 Å². The van der Waals surface area contributed by atoms with Gasteiger partial charge < -0.3 is 19.3 Å². The van der Waals surface area contributed by atoms with Crippen LogP contribution in [0.5, 0.6) is 0 Å². The van der Waals surface area contributed by atoms with Crippen LogP contribution in [-0.4, -0.2) is 59.7 Å². The fourth-order valence-corrected chi connectivity index (χ4v) is 4.62. The van der Waals surface area contributed by atoms with Gasteiger partial charge in [0.1, 0.15) is 19.1 Å². The molecule has 2 atom stereocenters. The lowest BCUT2D eigenvalue weighted by Gasteiger charge is -2.31. The zero-order chi connectivity index (χ0) is 24.4. The van der Waals surface area contributed by atoms with Gasteiger partial charge in [-0.3, -0.25) is 9.89 Å². The summed E-state index contributed by atoms with van der Waals surface area (Å²) in [7, 11) is 3.66. The highest BCUT2D eigenvalue weighted by Crippen LogP contribution is 2.31. The number of aliphatic imine (C=N–C) groups is 2. The van der Waals surface area contributed by atoms with Crippen molar-refractivity contribution in [2.75, 3.05) is 32.7 Å². The fourth-order valence-electron chi connectivity index (χ4n) is 4.32. The van der Waals surface area contributed by atoms with Gasteiger partial charge in [0, 0.05) is 18.4 Å². The number of amidine groups is 1. The maximum atomic E-state index is 6.17. The lowest BCUT2D eigenvalue weighted by Crippen LogP contribution is -2.37. The van der Waals surface area contributed by atoms with E-state index in [0.29, 0.717) is 34.3 Å². The molecule has 3 heterocycles. The van der Waals surface area contributed by atoms with Gasteiger partial charge >= 0.3 is 0 Å². The number of nitrogens with one attached hydrogen (secondary N) is 1. The number of allylic oxidation sites excluding steroid dienone is 1. The van der Waals surface area contributed by atoms with Crippen LogP contribution in [0.15, 0.2) is 56.5 Å². The Hall–Kier alpha value is -2.56. The summed E-state index contributed by atoms with van der Waals surface area (Å²) in [6.45, 7) is 1.44. The van der Waals surface area contributed by atoms with Crippen LogP contribution in [0.2, 0.25) is 10.0 Å². The molecule has 1 aromatic heterocycles. The second-order valence-electron chi connectivity index (χ2n) is 8.59. The van der Waals surface area contributed by atoms with Crippen LogP contribution in [0.1, 0.15) is 37.0 Å². The van der Waals surface area contributed by atoms with Crippen molar-refractivity contribution in [3.05, 3.63) is 63.8 Å². The van der Waals surface area contributed by atoms with Gasteiger partial charge in [0.15, 0.2) is 5.82 Å². The molecule has 0 bridgehead atoms. The number of benzene rings is 1. The van der Waals surface area contributed by atoms with Crippen molar-refractivity contribution >= 4 is 40.4 Å². The zero-order valence-corrected chi connectivity index (χ0v) is 21.0. The highest BCUT2D eigenvalue weighted by molar-refractivity contribution is 6.42. The van der Waals surface area contributed by atoms with E-state index in [0.717, 1.165) is 36.4 Å². The van der Waals surface area contributed by atoms with Gasteiger partial charge in [-0.1, -0.05) is 34.8 Å². The van der Waals surface area contributed by atoms with Crippen molar-refractivity contribution in [1.82, 2.24) is 15.0 Å². The second kappa shape index (κ2) is 10.2. The molecule has 1 fully saturated rings. The molecule has 0 spiro atoms. The molecule has 3 aliphatic rings. The van der Waals surface area contributed by atoms with E-state index < -0.39 is 5.79 Å². The maximum absolute atomic E-state index is 6.17. The SMILES string of the molecule is COC1(OCc2noc(C3CCCCN3C)n2)C=CC2=NCN=C(Nc3ccc(Cl)c(Cl)c3)C2=C1. The summed E-state index contributed by atoms with van der Waals surface area (Å²) in [6.07, 6.45) is 8.86. The molecule has 184 valence electrons. The Morgan fingerprint density at radius 1 is 1.23 bits per heavy atom. The third-order valence-corrected chi connectivity index (χ3v) is 7.03. The Balaban J connectivity index is 1.32. The third kappa shape index (κ3) is 5.19. The van der Waals surface area contributed by atoms with Crippen molar-refractivity contribution in [3.8, 4) is 0 Å². The van der Waals surface area contributed by atoms with Gasteiger partial charge in [0.05, 0.1) is 21.8 Å². The lowest BCUT2D eigenvalue weighted by molar-refractivity contribution is -0.163. The Bertz CT molecular complexity index is 1220. The number of fused-ring (bicyclic) bond motifs is 1. The molecular weight excluding hydrogens is 491 g/mol. The van der Waals surface area contributed by atoms with Crippen LogP contribution in [0, 0.1) is 0 Å². The molecule has 1 N–H and O–H groups in total. The first-order valence-electron chi connectivity index (χ1n) is 11.4. The molecule has 1 aromatic carbocycles. The largest absolute Gasteiger partial charge is 0.346 e. The number of methoxy groups -OCH3 is 1. The smallest absolute Gasteiger partial charge is 0.244 e. The Morgan fingerprint density at radius 3 is 2.91 bits per heavy atom. The Labute approximate surface area is 213 Å². The van der Waals surface area contributed by atoms with E-state index in [1.54, 1.807) is 19.2 Å². The minimum absolute atomic E-state index is 0.112. The van der Waals surface area contributed by atoms with E-state index in [2.05, 4.69) is 37.4 Å². The van der Waals surface area contributed by atoms with E-state index in [9.17, 15) is 0 Å². The number of rotatable bonds is 6. The molecule has 2 unspecified atom stereocenters. The van der Waals surface area contributed by atoms with Crippen molar-refractivity contribution in [1.29, 1.82) is 0 Å². The monoisotopic (exact) mass is 516 g/mol. The molecule has 5 rings (SSSR count). The first kappa shape index (κ1) is 24.1. The van der Waals surface area contributed by atoms with Crippen LogP contribution < -0.4 is 5.32 Å². The number of hydrogen-bond donors (Lipinski definition) is 1. The molecule has 0 radical (unpaired) electrons. The highest BCUT2D eigenvalue weighted by Gasteiger charge is 2.34. The Kier molecular flexibility index (Phi) is 7.04. The number of halogens is 2. The quantitative estimate of drug-likeness (QED) is 0.550. The van der Waals surface area contributed by atoms with Crippen LogP contribution in [-0.2, 0) is 16.1 Å².